The number of fused-ring (bicyclic) bond motifs is 2. The minimum Gasteiger partial charge on any atom is -0.355 e. The van der Waals surface area contributed by atoms with E-state index >= 15 is 0 Å². The van der Waals surface area contributed by atoms with Crippen LogP contribution in [0.25, 0.3) is 27.4 Å². The van der Waals surface area contributed by atoms with E-state index in [1.807, 2.05) is 48.8 Å². The van der Waals surface area contributed by atoms with Crippen molar-refractivity contribution in [3.05, 3.63) is 86.0 Å². The standard InChI is InChI=1S/C21H17N5/c1-3-6-14(4-2)21-22-13-17-19(7-5-8-20(17)25-21)24-16-9-10-18-15(11-16)12-23-26-18/h3-13,24H,1-2H2,(H,23,26)/b14-6+. The monoisotopic (exact) mass is 339 g/mol. The maximum Gasteiger partial charge on any atom is 0.159 e. The van der Waals surface area contributed by atoms with Crippen LogP contribution in [0.5, 0.6) is 0 Å². The zero-order valence-corrected chi connectivity index (χ0v) is 14.1. The van der Waals surface area contributed by atoms with Gasteiger partial charge in [0.05, 0.1) is 17.2 Å². The Labute approximate surface area is 150 Å². The molecule has 5 nitrogen and oxygen atoms in total. The second kappa shape index (κ2) is 6.64. The van der Waals surface area contributed by atoms with E-state index in [0.717, 1.165) is 38.8 Å². The van der Waals surface area contributed by atoms with E-state index in [2.05, 4.69) is 44.7 Å². The highest BCUT2D eigenvalue weighted by Crippen LogP contribution is 2.27. The lowest BCUT2D eigenvalue weighted by atomic mass is 10.1. The maximum absolute atomic E-state index is 4.66. The van der Waals surface area contributed by atoms with E-state index in [0.29, 0.717) is 5.82 Å². The number of anilines is 2. The molecule has 126 valence electrons. The van der Waals surface area contributed by atoms with Crippen molar-refractivity contribution >= 4 is 38.8 Å². The van der Waals surface area contributed by atoms with Gasteiger partial charge in [0.1, 0.15) is 0 Å². The summed E-state index contributed by atoms with van der Waals surface area (Å²) in [7, 11) is 0. The van der Waals surface area contributed by atoms with E-state index in [1.165, 1.54) is 0 Å². The van der Waals surface area contributed by atoms with Crippen molar-refractivity contribution in [2.75, 3.05) is 5.32 Å². The summed E-state index contributed by atoms with van der Waals surface area (Å²) in [5, 5.41) is 12.5. The summed E-state index contributed by atoms with van der Waals surface area (Å²) in [4.78, 5) is 9.14. The zero-order valence-electron chi connectivity index (χ0n) is 14.1. The Morgan fingerprint density at radius 3 is 2.88 bits per heavy atom. The van der Waals surface area contributed by atoms with Gasteiger partial charge in [-0.25, -0.2) is 9.97 Å². The molecule has 2 aromatic carbocycles. The van der Waals surface area contributed by atoms with Crippen LogP contribution in [0, 0.1) is 0 Å². The molecule has 0 spiro atoms. The van der Waals surface area contributed by atoms with Crippen LogP contribution in [0.15, 0.2) is 80.2 Å². The van der Waals surface area contributed by atoms with Crippen molar-refractivity contribution in [1.29, 1.82) is 0 Å². The second-order valence-corrected chi connectivity index (χ2v) is 5.79. The molecule has 26 heavy (non-hydrogen) atoms. The Morgan fingerprint density at radius 2 is 2.04 bits per heavy atom. The van der Waals surface area contributed by atoms with E-state index in [4.69, 9.17) is 0 Å². The number of benzene rings is 2. The van der Waals surface area contributed by atoms with E-state index in [1.54, 1.807) is 12.2 Å². The van der Waals surface area contributed by atoms with Gasteiger partial charge in [0.2, 0.25) is 0 Å². The fraction of sp³-hybridized carbons (Fsp3) is 0. The van der Waals surface area contributed by atoms with Gasteiger partial charge in [-0.2, -0.15) is 5.10 Å². The summed E-state index contributed by atoms with van der Waals surface area (Å²) in [6, 6.07) is 12.0. The Balaban J connectivity index is 1.74. The lowest BCUT2D eigenvalue weighted by Crippen LogP contribution is -1.96. The number of rotatable bonds is 5. The van der Waals surface area contributed by atoms with Crippen LogP contribution < -0.4 is 5.32 Å². The van der Waals surface area contributed by atoms with Gasteiger partial charge in [-0.1, -0.05) is 37.5 Å². The number of hydrogen-bond donors (Lipinski definition) is 2. The third-order valence-electron chi connectivity index (χ3n) is 4.12. The topological polar surface area (TPSA) is 66.5 Å². The number of nitrogens with zero attached hydrogens (tertiary/aromatic N) is 3. The SMILES string of the molecule is C=C/C=C(\C=C)c1ncc2c(Nc3ccc4[nH]ncc4c3)cccc2n1. The summed E-state index contributed by atoms with van der Waals surface area (Å²) in [5.74, 6) is 0.629. The van der Waals surface area contributed by atoms with Gasteiger partial charge in [0.15, 0.2) is 5.82 Å². The zero-order chi connectivity index (χ0) is 17.9. The highest BCUT2D eigenvalue weighted by molar-refractivity contribution is 5.94. The van der Waals surface area contributed by atoms with Gasteiger partial charge < -0.3 is 5.32 Å². The largest absolute Gasteiger partial charge is 0.355 e. The van der Waals surface area contributed by atoms with Crippen LogP contribution in [-0.2, 0) is 0 Å². The Bertz CT molecular complexity index is 1150. The molecule has 0 aliphatic carbocycles. The van der Waals surface area contributed by atoms with Crippen LogP contribution in [0.2, 0.25) is 0 Å². The minimum absolute atomic E-state index is 0.629. The first kappa shape index (κ1) is 15.8. The van der Waals surface area contributed by atoms with Gasteiger partial charge in [0, 0.05) is 33.9 Å². The molecule has 0 aliphatic rings. The van der Waals surface area contributed by atoms with Gasteiger partial charge in [-0.05, 0) is 30.3 Å². The Morgan fingerprint density at radius 1 is 1.12 bits per heavy atom. The average Bonchev–Trinajstić information content (AvgIpc) is 3.14. The van der Waals surface area contributed by atoms with Gasteiger partial charge >= 0.3 is 0 Å². The van der Waals surface area contributed by atoms with Gasteiger partial charge in [0.25, 0.3) is 0 Å². The van der Waals surface area contributed by atoms with E-state index in [-0.39, 0.29) is 0 Å². The van der Waals surface area contributed by atoms with Crippen LogP contribution >= 0.6 is 0 Å². The molecule has 0 saturated heterocycles. The maximum atomic E-state index is 4.66. The highest BCUT2D eigenvalue weighted by atomic mass is 15.1. The molecule has 2 N–H and O–H groups in total. The summed E-state index contributed by atoms with van der Waals surface area (Å²) in [6.45, 7) is 7.53. The van der Waals surface area contributed by atoms with Crippen molar-refractivity contribution in [3.63, 3.8) is 0 Å². The molecule has 2 aromatic heterocycles. The minimum atomic E-state index is 0.629. The molecule has 2 heterocycles. The normalized spacial score (nSPS) is 11.6. The highest BCUT2D eigenvalue weighted by Gasteiger charge is 2.07. The molecule has 0 saturated carbocycles. The molecular weight excluding hydrogens is 322 g/mol. The lowest BCUT2D eigenvalue weighted by molar-refractivity contribution is 1.12. The number of H-pyrrole nitrogens is 1. The molecule has 0 unspecified atom stereocenters. The predicted molar refractivity (Wildman–Crippen MR) is 107 cm³/mol. The third kappa shape index (κ3) is 2.86. The van der Waals surface area contributed by atoms with Crippen molar-refractivity contribution in [1.82, 2.24) is 20.2 Å². The number of nitrogens with one attached hydrogen (secondary N) is 2. The molecule has 0 amide bonds. The van der Waals surface area contributed by atoms with Crippen molar-refractivity contribution in [3.8, 4) is 0 Å². The Hall–Kier alpha value is -3.73. The molecular formula is C21H17N5. The van der Waals surface area contributed by atoms with Crippen LogP contribution in [-0.4, -0.2) is 20.2 Å². The number of allylic oxidation sites excluding steroid dienone is 4. The summed E-state index contributed by atoms with van der Waals surface area (Å²) >= 11 is 0. The number of aromatic nitrogens is 4. The molecule has 5 heteroatoms. The first-order valence-corrected chi connectivity index (χ1v) is 8.20. The van der Waals surface area contributed by atoms with Gasteiger partial charge in [-0.15, -0.1) is 0 Å². The third-order valence-corrected chi connectivity index (χ3v) is 4.12. The van der Waals surface area contributed by atoms with Crippen molar-refractivity contribution in [2.24, 2.45) is 0 Å². The summed E-state index contributed by atoms with van der Waals surface area (Å²) in [5.41, 5.74) is 4.64. The molecule has 0 fully saturated rings. The predicted octanol–water partition coefficient (Wildman–Crippen LogP) is 5.01. The van der Waals surface area contributed by atoms with Crippen LogP contribution in [0.4, 0.5) is 11.4 Å². The first-order chi connectivity index (χ1) is 12.8. The molecule has 0 atom stereocenters. The van der Waals surface area contributed by atoms with Crippen molar-refractivity contribution < 1.29 is 0 Å². The summed E-state index contributed by atoms with van der Waals surface area (Å²) in [6.07, 6.45) is 8.91. The van der Waals surface area contributed by atoms with E-state index in [9.17, 15) is 0 Å². The molecule has 0 radical (unpaired) electrons. The quantitative estimate of drug-likeness (QED) is 0.502. The molecule has 4 rings (SSSR count). The first-order valence-electron chi connectivity index (χ1n) is 8.20. The fourth-order valence-corrected chi connectivity index (χ4v) is 2.84. The molecule has 0 bridgehead atoms. The number of aromatic amines is 1. The molecule has 4 aromatic rings. The van der Waals surface area contributed by atoms with Gasteiger partial charge in [-0.3, -0.25) is 5.10 Å². The Kier molecular flexibility index (Phi) is 4.03. The van der Waals surface area contributed by atoms with Crippen LogP contribution in [0.1, 0.15) is 5.82 Å². The number of hydrogen-bond acceptors (Lipinski definition) is 4. The summed E-state index contributed by atoms with van der Waals surface area (Å²) < 4.78 is 0. The lowest BCUT2D eigenvalue weighted by Gasteiger charge is -2.10. The van der Waals surface area contributed by atoms with E-state index < -0.39 is 0 Å². The average molecular weight is 339 g/mol. The van der Waals surface area contributed by atoms with Crippen molar-refractivity contribution in [2.45, 2.75) is 0 Å². The second-order valence-electron chi connectivity index (χ2n) is 5.79. The smallest absolute Gasteiger partial charge is 0.159 e. The fourth-order valence-electron chi connectivity index (χ4n) is 2.84. The molecule has 0 aliphatic heterocycles. The van der Waals surface area contributed by atoms with Crippen LogP contribution in [0.3, 0.4) is 0 Å².